The first-order valence-corrected chi connectivity index (χ1v) is 9.77. The van der Waals surface area contributed by atoms with Crippen molar-refractivity contribution in [1.29, 1.82) is 0 Å². The third-order valence-electron chi connectivity index (χ3n) is 4.26. The number of anilines is 1. The van der Waals surface area contributed by atoms with E-state index in [0.29, 0.717) is 17.5 Å². The fourth-order valence-electron chi connectivity index (χ4n) is 2.90. The van der Waals surface area contributed by atoms with Gasteiger partial charge in [0.05, 0.1) is 17.6 Å². The third-order valence-corrected chi connectivity index (χ3v) is 5.24. The van der Waals surface area contributed by atoms with Crippen LogP contribution in [0.15, 0.2) is 34.2 Å². The number of amides is 1. The average molecular weight is 373 g/mol. The minimum absolute atomic E-state index is 0.0729. The van der Waals surface area contributed by atoms with Crippen LogP contribution in [0.25, 0.3) is 0 Å². The van der Waals surface area contributed by atoms with Gasteiger partial charge in [-0.05, 0) is 63.8 Å². The summed E-state index contributed by atoms with van der Waals surface area (Å²) in [4.78, 5) is 32.0. The Labute approximate surface area is 156 Å². The van der Waals surface area contributed by atoms with E-state index < -0.39 is 0 Å². The van der Waals surface area contributed by atoms with Crippen LogP contribution in [0.2, 0.25) is 0 Å². The van der Waals surface area contributed by atoms with E-state index in [1.807, 2.05) is 19.1 Å². The Balaban J connectivity index is 1.64. The smallest absolute Gasteiger partial charge is 0.254 e. The number of aryl methyl sites for hydroxylation is 1. The average Bonchev–Trinajstić information content (AvgIpc) is 2.63. The highest BCUT2D eigenvalue weighted by Crippen LogP contribution is 2.23. The maximum absolute atomic E-state index is 12.4. The van der Waals surface area contributed by atoms with Gasteiger partial charge in [0, 0.05) is 11.3 Å². The summed E-state index contributed by atoms with van der Waals surface area (Å²) in [5.74, 6) is 0.628. The molecule has 0 unspecified atom stereocenters. The highest BCUT2D eigenvalue weighted by Gasteiger charge is 2.19. The van der Waals surface area contributed by atoms with E-state index in [-0.39, 0.29) is 16.7 Å². The normalized spacial score (nSPS) is 14.4. The van der Waals surface area contributed by atoms with Crippen molar-refractivity contribution in [2.75, 3.05) is 11.9 Å². The molecule has 26 heavy (non-hydrogen) atoms. The Morgan fingerprint density at radius 1 is 1.31 bits per heavy atom. The second-order valence-electron chi connectivity index (χ2n) is 6.21. The number of aromatic amines is 1. The number of benzene rings is 1. The molecule has 1 heterocycles. The van der Waals surface area contributed by atoms with Crippen LogP contribution in [0.1, 0.15) is 37.9 Å². The molecule has 3 rings (SSSR count). The molecule has 0 bridgehead atoms. The van der Waals surface area contributed by atoms with E-state index in [9.17, 15) is 9.59 Å². The molecule has 0 saturated carbocycles. The van der Waals surface area contributed by atoms with Crippen molar-refractivity contribution in [2.24, 2.45) is 0 Å². The summed E-state index contributed by atoms with van der Waals surface area (Å²) in [7, 11) is 0. The number of H-pyrrole nitrogens is 1. The number of aromatic nitrogens is 2. The molecule has 1 aromatic carbocycles. The van der Waals surface area contributed by atoms with Crippen LogP contribution in [0.3, 0.4) is 0 Å². The fourth-order valence-corrected chi connectivity index (χ4v) is 3.72. The van der Waals surface area contributed by atoms with E-state index in [0.717, 1.165) is 42.7 Å². The van der Waals surface area contributed by atoms with E-state index in [2.05, 4.69) is 15.3 Å². The van der Waals surface area contributed by atoms with Crippen molar-refractivity contribution < 1.29 is 9.53 Å². The number of carbonyl (C=O) groups is 1. The van der Waals surface area contributed by atoms with Crippen LogP contribution < -0.4 is 15.6 Å². The molecule has 1 aliphatic carbocycles. The predicted molar refractivity (Wildman–Crippen MR) is 103 cm³/mol. The van der Waals surface area contributed by atoms with Gasteiger partial charge >= 0.3 is 0 Å². The van der Waals surface area contributed by atoms with Gasteiger partial charge in [0.25, 0.3) is 5.56 Å². The second kappa shape index (κ2) is 8.40. The molecule has 1 aromatic heterocycles. The lowest BCUT2D eigenvalue weighted by Crippen LogP contribution is -2.25. The first-order chi connectivity index (χ1) is 12.6. The number of rotatable bonds is 6. The Morgan fingerprint density at radius 3 is 2.77 bits per heavy atom. The number of hydrogen-bond donors (Lipinski definition) is 2. The lowest BCUT2D eigenvalue weighted by atomic mass is 9.97. The Bertz CT molecular complexity index is 833. The van der Waals surface area contributed by atoms with Gasteiger partial charge in [0.15, 0.2) is 5.16 Å². The lowest BCUT2D eigenvalue weighted by Gasteiger charge is -2.16. The van der Waals surface area contributed by atoms with Crippen molar-refractivity contribution >= 4 is 23.4 Å². The maximum atomic E-state index is 12.4. The quantitative estimate of drug-likeness (QED) is 0.600. The van der Waals surface area contributed by atoms with Gasteiger partial charge in [-0.3, -0.25) is 9.59 Å². The molecule has 1 aliphatic rings. The second-order valence-corrected chi connectivity index (χ2v) is 7.54. The van der Waals surface area contributed by atoms with Crippen molar-refractivity contribution in [3.63, 3.8) is 0 Å². The predicted octanol–water partition coefficient (Wildman–Crippen LogP) is 3.17. The van der Waals surface area contributed by atoms with Crippen LogP contribution in [0.5, 0.6) is 5.75 Å². The molecule has 1 atom stereocenters. The molecular formula is C19H23N3O3S. The molecule has 1 amide bonds. The van der Waals surface area contributed by atoms with E-state index in [1.165, 1.54) is 11.8 Å². The molecule has 2 N–H and O–H groups in total. The zero-order valence-corrected chi connectivity index (χ0v) is 15.8. The first kappa shape index (κ1) is 18.5. The summed E-state index contributed by atoms with van der Waals surface area (Å²) in [5, 5.41) is 2.99. The summed E-state index contributed by atoms with van der Waals surface area (Å²) in [6, 6.07) is 7.25. The molecule has 0 aliphatic heterocycles. The summed E-state index contributed by atoms with van der Waals surface area (Å²) in [6.45, 7) is 4.33. The highest BCUT2D eigenvalue weighted by atomic mass is 32.2. The molecule has 0 spiro atoms. The lowest BCUT2D eigenvalue weighted by molar-refractivity contribution is -0.115. The van der Waals surface area contributed by atoms with E-state index >= 15 is 0 Å². The highest BCUT2D eigenvalue weighted by molar-refractivity contribution is 8.00. The number of nitrogens with zero attached hydrogens (tertiary/aromatic N) is 1. The van der Waals surface area contributed by atoms with Crippen molar-refractivity contribution in [3.05, 3.63) is 45.9 Å². The summed E-state index contributed by atoms with van der Waals surface area (Å²) < 4.78 is 5.39. The first-order valence-electron chi connectivity index (χ1n) is 8.89. The fraction of sp³-hybridized carbons (Fsp3) is 0.421. The van der Waals surface area contributed by atoms with Crippen LogP contribution in [-0.2, 0) is 17.6 Å². The van der Waals surface area contributed by atoms with Crippen LogP contribution in [0.4, 0.5) is 5.69 Å². The summed E-state index contributed by atoms with van der Waals surface area (Å²) in [5.41, 5.74) is 2.31. The zero-order chi connectivity index (χ0) is 18.5. The minimum Gasteiger partial charge on any atom is -0.494 e. The van der Waals surface area contributed by atoms with Gasteiger partial charge in [-0.25, -0.2) is 4.98 Å². The Morgan fingerprint density at radius 2 is 2.04 bits per heavy atom. The monoisotopic (exact) mass is 373 g/mol. The van der Waals surface area contributed by atoms with E-state index in [4.69, 9.17) is 4.74 Å². The molecule has 0 saturated heterocycles. The topological polar surface area (TPSA) is 84.1 Å². The number of thioether (sulfide) groups is 1. The van der Waals surface area contributed by atoms with Gasteiger partial charge in [-0.1, -0.05) is 11.8 Å². The molecule has 2 aromatic rings. The van der Waals surface area contributed by atoms with Gasteiger partial charge in [-0.2, -0.15) is 0 Å². The molecular weight excluding hydrogens is 350 g/mol. The van der Waals surface area contributed by atoms with Gasteiger partial charge in [-0.15, -0.1) is 0 Å². The summed E-state index contributed by atoms with van der Waals surface area (Å²) >= 11 is 1.27. The Hall–Kier alpha value is -2.28. The number of ether oxygens (including phenoxy) is 1. The van der Waals surface area contributed by atoms with Gasteiger partial charge < -0.3 is 15.0 Å². The van der Waals surface area contributed by atoms with Gasteiger partial charge in [0.2, 0.25) is 5.91 Å². The SMILES string of the molecule is CCOc1ccc(NC(=O)[C@H](C)Sc2nc3c(c(=O)[nH]2)CCCC3)cc1. The summed E-state index contributed by atoms with van der Waals surface area (Å²) in [6.07, 6.45) is 3.71. The van der Waals surface area contributed by atoms with Crippen molar-refractivity contribution in [1.82, 2.24) is 9.97 Å². The number of nitrogens with one attached hydrogen (secondary N) is 2. The van der Waals surface area contributed by atoms with Crippen LogP contribution >= 0.6 is 11.8 Å². The number of hydrogen-bond acceptors (Lipinski definition) is 5. The maximum Gasteiger partial charge on any atom is 0.254 e. The number of fused-ring (bicyclic) bond motifs is 1. The van der Waals surface area contributed by atoms with E-state index in [1.54, 1.807) is 19.1 Å². The third kappa shape index (κ3) is 4.46. The molecule has 7 heteroatoms. The zero-order valence-electron chi connectivity index (χ0n) is 15.0. The molecule has 6 nitrogen and oxygen atoms in total. The number of carbonyl (C=O) groups excluding carboxylic acids is 1. The standard InChI is InChI=1S/C19H23N3O3S/c1-3-25-14-10-8-13(9-11-14)20-17(23)12(2)26-19-21-16-7-5-4-6-15(16)18(24)22-19/h8-12H,3-7H2,1-2H3,(H,20,23)(H,21,22,24)/t12-/m0/s1. The molecule has 0 radical (unpaired) electrons. The largest absolute Gasteiger partial charge is 0.494 e. The molecule has 0 fully saturated rings. The van der Waals surface area contributed by atoms with Crippen LogP contribution in [-0.4, -0.2) is 27.7 Å². The van der Waals surface area contributed by atoms with Crippen molar-refractivity contribution in [3.8, 4) is 5.75 Å². The van der Waals surface area contributed by atoms with Gasteiger partial charge in [0.1, 0.15) is 5.75 Å². The Kier molecular flexibility index (Phi) is 5.98. The van der Waals surface area contributed by atoms with Crippen LogP contribution in [0, 0.1) is 0 Å². The molecule has 138 valence electrons. The minimum atomic E-state index is -0.383. The van der Waals surface area contributed by atoms with Crippen molar-refractivity contribution in [2.45, 2.75) is 49.9 Å².